The molecule has 0 aliphatic heterocycles. The Labute approximate surface area is 100 Å². The van der Waals surface area contributed by atoms with Crippen molar-refractivity contribution in [3.8, 4) is 5.88 Å². The number of rotatable bonds is 5. The molecule has 1 N–H and O–H groups in total. The number of aromatic nitrogens is 1. The Bertz CT molecular complexity index is 483. The SMILES string of the molecule is COc1cc([C@](C)(O)COS(C)(=O)=O)ccn1. The molecule has 1 aromatic rings. The Hall–Kier alpha value is -1.18. The molecule has 6 nitrogen and oxygen atoms in total. The first-order valence-electron chi connectivity index (χ1n) is 4.82. The first-order chi connectivity index (χ1) is 7.74. The van der Waals surface area contributed by atoms with Gasteiger partial charge in [-0.15, -0.1) is 0 Å². The molecule has 96 valence electrons. The Kier molecular flexibility index (Phi) is 4.07. The molecule has 0 unspecified atom stereocenters. The van der Waals surface area contributed by atoms with Crippen molar-refractivity contribution in [1.82, 2.24) is 4.98 Å². The van der Waals surface area contributed by atoms with Gasteiger partial charge in [0.05, 0.1) is 20.0 Å². The fraction of sp³-hybridized carbons (Fsp3) is 0.500. The smallest absolute Gasteiger partial charge is 0.264 e. The van der Waals surface area contributed by atoms with Gasteiger partial charge < -0.3 is 9.84 Å². The normalized spacial score (nSPS) is 15.3. The lowest BCUT2D eigenvalue weighted by atomic mass is 9.98. The highest BCUT2D eigenvalue weighted by atomic mass is 32.2. The van der Waals surface area contributed by atoms with Gasteiger partial charge in [-0.25, -0.2) is 4.98 Å². The summed E-state index contributed by atoms with van der Waals surface area (Å²) in [4.78, 5) is 3.89. The van der Waals surface area contributed by atoms with Crippen LogP contribution in [0.15, 0.2) is 18.3 Å². The summed E-state index contributed by atoms with van der Waals surface area (Å²) in [6, 6.07) is 3.08. The summed E-state index contributed by atoms with van der Waals surface area (Å²) < 4.78 is 31.2. The van der Waals surface area contributed by atoms with Gasteiger partial charge in [-0.2, -0.15) is 8.42 Å². The first kappa shape index (κ1) is 13.9. The highest BCUT2D eigenvalue weighted by Crippen LogP contribution is 2.23. The lowest BCUT2D eigenvalue weighted by Gasteiger charge is -2.22. The summed E-state index contributed by atoms with van der Waals surface area (Å²) in [5.41, 5.74) is -0.966. The van der Waals surface area contributed by atoms with Crippen LogP contribution < -0.4 is 4.74 Å². The van der Waals surface area contributed by atoms with Gasteiger partial charge in [-0.05, 0) is 18.6 Å². The molecule has 0 bridgehead atoms. The monoisotopic (exact) mass is 261 g/mol. The van der Waals surface area contributed by atoms with E-state index in [4.69, 9.17) is 4.74 Å². The zero-order chi connectivity index (χ0) is 13.1. The molecule has 0 radical (unpaired) electrons. The number of methoxy groups -OCH3 is 1. The van der Waals surface area contributed by atoms with E-state index in [1.165, 1.54) is 26.3 Å². The summed E-state index contributed by atoms with van der Waals surface area (Å²) in [5.74, 6) is 0.335. The minimum atomic E-state index is -3.59. The van der Waals surface area contributed by atoms with Crippen molar-refractivity contribution in [1.29, 1.82) is 0 Å². The van der Waals surface area contributed by atoms with E-state index in [9.17, 15) is 13.5 Å². The maximum atomic E-state index is 10.9. The summed E-state index contributed by atoms with van der Waals surface area (Å²) >= 11 is 0. The molecule has 0 aromatic carbocycles. The van der Waals surface area contributed by atoms with Crippen LogP contribution >= 0.6 is 0 Å². The Morgan fingerprint density at radius 3 is 2.71 bits per heavy atom. The van der Waals surface area contributed by atoms with Gasteiger partial charge in [0.1, 0.15) is 5.60 Å². The molecule has 1 rings (SSSR count). The average Bonchev–Trinajstić information content (AvgIpc) is 2.26. The lowest BCUT2D eigenvalue weighted by molar-refractivity contribution is 0.00982. The maximum absolute atomic E-state index is 10.9. The van der Waals surface area contributed by atoms with Crippen molar-refractivity contribution in [2.45, 2.75) is 12.5 Å². The lowest BCUT2D eigenvalue weighted by Crippen LogP contribution is -2.29. The van der Waals surface area contributed by atoms with Gasteiger partial charge in [0.25, 0.3) is 10.1 Å². The van der Waals surface area contributed by atoms with E-state index < -0.39 is 15.7 Å². The maximum Gasteiger partial charge on any atom is 0.264 e. The van der Waals surface area contributed by atoms with Crippen molar-refractivity contribution in [2.24, 2.45) is 0 Å². The molecule has 0 aliphatic carbocycles. The van der Waals surface area contributed by atoms with Crippen LogP contribution in [-0.4, -0.2) is 38.5 Å². The molecule has 7 heteroatoms. The van der Waals surface area contributed by atoms with Crippen molar-refractivity contribution in [3.63, 3.8) is 0 Å². The largest absolute Gasteiger partial charge is 0.481 e. The quantitative estimate of drug-likeness (QED) is 0.766. The molecule has 0 saturated carbocycles. The zero-order valence-electron chi connectivity index (χ0n) is 9.87. The second-order valence-electron chi connectivity index (χ2n) is 3.83. The van der Waals surface area contributed by atoms with Crippen molar-refractivity contribution < 1.29 is 22.4 Å². The average molecular weight is 261 g/mol. The van der Waals surface area contributed by atoms with Gasteiger partial charge in [0.2, 0.25) is 5.88 Å². The van der Waals surface area contributed by atoms with E-state index in [-0.39, 0.29) is 6.61 Å². The van der Waals surface area contributed by atoms with Gasteiger partial charge in [0, 0.05) is 12.3 Å². The molecular weight excluding hydrogens is 246 g/mol. The molecular formula is C10H15NO5S. The number of ether oxygens (including phenoxy) is 1. The van der Waals surface area contributed by atoms with Gasteiger partial charge in [-0.3, -0.25) is 4.18 Å². The second-order valence-corrected chi connectivity index (χ2v) is 5.47. The predicted molar refractivity (Wildman–Crippen MR) is 61.2 cm³/mol. The summed E-state index contributed by atoms with van der Waals surface area (Å²) in [6.45, 7) is 1.09. The third-order valence-corrected chi connectivity index (χ3v) is 2.67. The fourth-order valence-corrected chi connectivity index (χ4v) is 1.60. The molecule has 17 heavy (non-hydrogen) atoms. The van der Waals surface area contributed by atoms with Crippen LogP contribution in [0.2, 0.25) is 0 Å². The Balaban J connectivity index is 2.88. The molecule has 0 fully saturated rings. The van der Waals surface area contributed by atoms with Crippen LogP contribution in [0.25, 0.3) is 0 Å². The van der Waals surface area contributed by atoms with E-state index in [2.05, 4.69) is 9.17 Å². The van der Waals surface area contributed by atoms with Crippen LogP contribution in [0.1, 0.15) is 12.5 Å². The van der Waals surface area contributed by atoms with Crippen molar-refractivity contribution >= 4 is 10.1 Å². The molecule has 0 aliphatic rings. The van der Waals surface area contributed by atoms with E-state index >= 15 is 0 Å². The van der Waals surface area contributed by atoms with E-state index in [0.29, 0.717) is 11.4 Å². The highest BCUT2D eigenvalue weighted by Gasteiger charge is 2.26. The number of hydrogen-bond donors (Lipinski definition) is 1. The Morgan fingerprint density at radius 2 is 2.18 bits per heavy atom. The topological polar surface area (TPSA) is 85.7 Å². The van der Waals surface area contributed by atoms with Crippen LogP contribution in [0.5, 0.6) is 5.88 Å². The van der Waals surface area contributed by atoms with Crippen LogP contribution in [0.4, 0.5) is 0 Å². The zero-order valence-corrected chi connectivity index (χ0v) is 10.7. The fourth-order valence-electron chi connectivity index (χ4n) is 1.16. The number of nitrogens with zero attached hydrogens (tertiary/aromatic N) is 1. The van der Waals surface area contributed by atoms with Crippen LogP contribution in [0.3, 0.4) is 0 Å². The summed E-state index contributed by atoms with van der Waals surface area (Å²) in [5, 5.41) is 10.1. The van der Waals surface area contributed by atoms with Gasteiger partial charge >= 0.3 is 0 Å². The summed E-state index contributed by atoms with van der Waals surface area (Å²) in [7, 11) is -2.14. The molecule has 1 aromatic heterocycles. The number of aliphatic hydroxyl groups is 1. The highest BCUT2D eigenvalue weighted by molar-refractivity contribution is 7.85. The number of pyridine rings is 1. The van der Waals surface area contributed by atoms with Crippen molar-refractivity contribution in [2.75, 3.05) is 20.0 Å². The first-order valence-corrected chi connectivity index (χ1v) is 6.63. The van der Waals surface area contributed by atoms with Crippen LogP contribution in [-0.2, 0) is 19.9 Å². The minimum absolute atomic E-state index is 0.335. The minimum Gasteiger partial charge on any atom is -0.481 e. The van der Waals surface area contributed by atoms with E-state index in [1.54, 1.807) is 6.07 Å². The molecule has 0 spiro atoms. The van der Waals surface area contributed by atoms with Gasteiger partial charge in [0.15, 0.2) is 0 Å². The van der Waals surface area contributed by atoms with Gasteiger partial charge in [-0.1, -0.05) is 0 Å². The standard InChI is InChI=1S/C10H15NO5S/c1-10(12,7-16-17(3,13)14)8-4-5-11-9(6-8)15-2/h4-6,12H,7H2,1-3H3/t10-/m1/s1. The number of hydrogen-bond acceptors (Lipinski definition) is 6. The van der Waals surface area contributed by atoms with E-state index in [0.717, 1.165) is 6.26 Å². The third kappa shape index (κ3) is 4.29. The Morgan fingerprint density at radius 1 is 1.53 bits per heavy atom. The van der Waals surface area contributed by atoms with Crippen LogP contribution in [0, 0.1) is 0 Å². The predicted octanol–water partition coefficient (Wildman–Crippen LogP) is 0.274. The second kappa shape index (κ2) is 4.99. The molecule has 0 saturated heterocycles. The molecule has 1 heterocycles. The van der Waals surface area contributed by atoms with E-state index in [1.807, 2.05) is 0 Å². The molecule has 0 amide bonds. The molecule has 1 atom stereocenters. The van der Waals surface area contributed by atoms with Crippen molar-refractivity contribution in [3.05, 3.63) is 23.9 Å². The third-order valence-electron chi connectivity index (χ3n) is 2.12. The summed E-state index contributed by atoms with van der Waals surface area (Å²) in [6.07, 6.45) is 2.39.